The number of nitrogens with one attached hydrogen (secondary N) is 1. The van der Waals surface area contributed by atoms with Crippen molar-refractivity contribution in [3.05, 3.63) is 65.7 Å². The SMILES string of the molecule is CC(=O)c1ccc(N2C(=O)C[C@@H]([C@H]3O[C@@H]4OC(C)(C)O[C@@H]4[C@H]3OCc3ccccc3)NC2=O)cc1. The summed E-state index contributed by atoms with van der Waals surface area (Å²) >= 11 is 0. The van der Waals surface area contributed by atoms with Crippen LogP contribution in [0, 0.1) is 0 Å². The predicted molar refractivity (Wildman–Crippen MR) is 125 cm³/mol. The average Bonchev–Trinajstić information content (AvgIpc) is 3.30. The third kappa shape index (κ3) is 4.72. The lowest BCUT2D eigenvalue weighted by Gasteiger charge is -2.36. The van der Waals surface area contributed by atoms with Gasteiger partial charge in [-0.3, -0.25) is 9.59 Å². The van der Waals surface area contributed by atoms with Gasteiger partial charge in [0.2, 0.25) is 5.91 Å². The Labute approximate surface area is 203 Å². The van der Waals surface area contributed by atoms with Gasteiger partial charge in [-0.2, -0.15) is 0 Å². The fourth-order valence-corrected chi connectivity index (χ4v) is 4.76. The molecule has 184 valence electrons. The number of amides is 3. The Morgan fingerprint density at radius 2 is 1.77 bits per heavy atom. The van der Waals surface area contributed by atoms with Crippen LogP contribution in [-0.4, -0.2) is 54.2 Å². The second kappa shape index (κ2) is 9.16. The van der Waals surface area contributed by atoms with E-state index in [0.29, 0.717) is 17.9 Å². The minimum absolute atomic E-state index is 0.0128. The van der Waals surface area contributed by atoms with Crippen molar-refractivity contribution in [2.75, 3.05) is 4.90 Å². The van der Waals surface area contributed by atoms with Gasteiger partial charge in [0.15, 0.2) is 17.9 Å². The Morgan fingerprint density at radius 3 is 2.43 bits per heavy atom. The van der Waals surface area contributed by atoms with E-state index in [2.05, 4.69) is 5.32 Å². The van der Waals surface area contributed by atoms with Gasteiger partial charge in [-0.15, -0.1) is 0 Å². The molecule has 0 bridgehead atoms. The van der Waals surface area contributed by atoms with E-state index in [1.807, 2.05) is 30.3 Å². The lowest BCUT2D eigenvalue weighted by molar-refractivity contribution is -0.222. The van der Waals surface area contributed by atoms with Crippen LogP contribution in [0.2, 0.25) is 0 Å². The summed E-state index contributed by atoms with van der Waals surface area (Å²) in [5.41, 5.74) is 1.88. The number of carbonyl (C=O) groups excluding carboxylic acids is 3. The molecule has 0 saturated carbocycles. The van der Waals surface area contributed by atoms with Crippen molar-refractivity contribution < 1.29 is 33.3 Å². The highest BCUT2D eigenvalue weighted by molar-refractivity contribution is 6.16. The van der Waals surface area contributed by atoms with Gasteiger partial charge in [0.25, 0.3) is 0 Å². The summed E-state index contributed by atoms with van der Waals surface area (Å²) in [6.07, 6.45) is -2.34. The first-order chi connectivity index (χ1) is 16.7. The second-order valence-electron chi connectivity index (χ2n) is 9.42. The zero-order chi connectivity index (χ0) is 24.7. The molecule has 9 nitrogen and oxygen atoms in total. The van der Waals surface area contributed by atoms with Crippen LogP contribution in [0.5, 0.6) is 0 Å². The number of benzene rings is 2. The number of nitrogens with zero attached hydrogens (tertiary/aromatic N) is 1. The molecule has 3 amide bonds. The maximum atomic E-state index is 13.1. The highest BCUT2D eigenvalue weighted by atomic mass is 16.8. The molecule has 5 atom stereocenters. The molecule has 5 rings (SSSR count). The van der Waals surface area contributed by atoms with Gasteiger partial charge in [-0.25, -0.2) is 9.69 Å². The van der Waals surface area contributed by atoms with Gasteiger partial charge in [-0.05, 0) is 50.6 Å². The van der Waals surface area contributed by atoms with E-state index in [-0.39, 0.29) is 18.1 Å². The molecule has 3 saturated heterocycles. The molecule has 0 aromatic heterocycles. The van der Waals surface area contributed by atoms with E-state index in [1.54, 1.807) is 38.1 Å². The number of Topliss-reactive ketones (excluding diaryl/α,β-unsaturated/α-hetero) is 1. The zero-order valence-electron chi connectivity index (χ0n) is 19.8. The summed E-state index contributed by atoms with van der Waals surface area (Å²) in [6, 6.07) is 14.9. The first kappa shape index (κ1) is 23.6. The lowest BCUT2D eigenvalue weighted by atomic mass is 9.98. The molecular weight excluding hydrogens is 452 g/mol. The molecule has 0 unspecified atom stereocenters. The van der Waals surface area contributed by atoms with Crippen molar-refractivity contribution in [3.8, 4) is 0 Å². The number of urea groups is 1. The average molecular weight is 481 g/mol. The van der Waals surface area contributed by atoms with Crippen LogP contribution in [0.4, 0.5) is 10.5 Å². The first-order valence-electron chi connectivity index (χ1n) is 11.6. The predicted octanol–water partition coefficient (Wildman–Crippen LogP) is 3.17. The van der Waals surface area contributed by atoms with Crippen molar-refractivity contribution in [3.63, 3.8) is 0 Å². The van der Waals surface area contributed by atoms with Gasteiger partial charge in [0, 0.05) is 5.56 Å². The van der Waals surface area contributed by atoms with Gasteiger partial charge in [0.1, 0.15) is 18.3 Å². The van der Waals surface area contributed by atoms with Crippen LogP contribution in [0.25, 0.3) is 0 Å². The molecule has 9 heteroatoms. The van der Waals surface area contributed by atoms with Crippen molar-refractivity contribution in [1.29, 1.82) is 0 Å². The van der Waals surface area contributed by atoms with E-state index >= 15 is 0 Å². The molecule has 3 heterocycles. The summed E-state index contributed by atoms with van der Waals surface area (Å²) in [5.74, 6) is -1.30. The van der Waals surface area contributed by atoms with Crippen LogP contribution in [0.1, 0.15) is 43.1 Å². The minimum atomic E-state index is -0.830. The van der Waals surface area contributed by atoms with E-state index in [0.717, 1.165) is 10.5 Å². The Morgan fingerprint density at radius 1 is 1.06 bits per heavy atom. The van der Waals surface area contributed by atoms with E-state index in [1.165, 1.54) is 6.92 Å². The monoisotopic (exact) mass is 480 g/mol. The highest BCUT2D eigenvalue weighted by Crippen LogP contribution is 2.41. The fourth-order valence-electron chi connectivity index (χ4n) is 4.76. The number of hydrogen-bond acceptors (Lipinski definition) is 7. The molecular formula is C26H28N2O7. The number of fused-ring (bicyclic) bond motifs is 1. The summed E-state index contributed by atoms with van der Waals surface area (Å²) < 4.78 is 24.3. The topological polar surface area (TPSA) is 103 Å². The Balaban J connectivity index is 1.33. The number of anilines is 1. The smallest absolute Gasteiger partial charge is 0.329 e. The summed E-state index contributed by atoms with van der Waals surface area (Å²) in [7, 11) is 0. The quantitative estimate of drug-likeness (QED) is 0.634. The number of ketones is 1. The molecule has 1 N–H and O–H groups in total. The second-order valence-corrected chi connectivity index (χ2v) is 9.42. The third-order valence-corrected chi connectivity index (χ3v) is 6.40. The number of carbonyl (C=O) groups is 3. The molecule has 3 aliphatic heterocycles. The van der Waals surface area contributed by atoms with Gasteiger partial charge in [0.05, 0.1) is 24.8 Å². The maximum Gasteiger partial charge on any atom is 0.329 e. The normalized spacial score (nSPS) is 29.7. The van der Waals surface area contributed by atoms with Crippen molar-refractivity contribution >= 4 is 23.4 Å². The standard InChI is InChI=1S/C26H28N2O7/c1-15(29)17-9-11-18(12-10-17)28-20(30)13-19(27-25(28)31)21-22(32-14-16-7-5-4-6-8-16)23-24(33-21)35-26(2,3)34-23/h4-12,19,21-24H,13-14H2,1-3H3,(H,27,31)/t19-,21+,22-,23+,24+/m0/s1. The number of ether oxygens (including phenoxy) is 4. The highest BCUT2D eigenvalue weighted by Gasteiger charge is 2.58. The Hall–Kier alpha value is -3.11. The zero-order valence-corrected chi connectivity index (χ0v) is 19.8. The summed E-state index contributed by atoms with van der Waals surface area (Å²) in [6.45, 7) is 5.39. The van der Waals surface area contributed by atoms with Crippen LogP contribution in [-0.2, 0) is 30.3 Å². The van der Waals surface area contributed by atoms with E-state index < -0.39 is 42.5 Å². The molecule has 2 aromatic rings. The first-order valence-corrected chi connectivity index (χ1v) is 11.6. The maximum absolute atomic E-state index is 13.1. The molecule has 3 aliphatic rings. The van der Waals surface area contributed by atoms with Crippen LogP contribution in [0.15, 0.2) is 54.6 Å². The van der Waals surface area contributed by atoms with Crippen molar-refractivity contribution in [2.45, 2.75) is 70.2 Å². The van der Waals surface area contributed by atoms with Gasteiger partial charge < -0.3 is 24.3 Å². The molecule has 2 aromatic carbocycles. The summed E-state index contributed by atoms with van der Waals surface area (Å²) in [5, 5.41) is 2.90. The molecule has 35 heavy (non-hydrogen) atoms. The largest absolute Gasteiger partial charge is 0.368 e. The third-order valence-electron chi connectivity index (χ3n) is 6.40. The van der Waals surface area contributed by atoms with E-state index in [9.17, 15) is 14.4 Å². The number of imide groups is 1. The van der Waals surface area contributed by atoms with Crippen LogP contribution in [0.3, 0.4) is 0 Å². The Kier molecular flexibility index (Phi) is 6.18. The van der Waals surface area contributed by atoms with Gasteiger partial charge in [-0.1, -0.05) is 30.3 Å². The van der Waals surface area contributed by atoms with E-state index in [4.69, 9.17) is 18.9 Å². The van der Waals surface area contributed by atoms with Gasteiger partial charge >= 0.3 is 6.03 Å². The summed E-state index contributed by atoms with van der Waals surface area (Å²) in [4.78, 5) is 38.7. The molecule has 3 fully saturated rings. The number of rotatable bonds is 6. The molecule has 0 spiro atoms. The molecule has 0 aliphatic carbocycles. The fraction of sp³-hybridized carbons (Fsp3) is 0.423. The lowest BCUT2D eigenvalue weighted by Crippen LogP contribution is -2.60. The molecule has 0 radical (unpaired) electrons. The minimum Gasteiger partial charge on any atom is -0.368 e. The Bertz CT molecular complexity index is 1100. The van der Waals surface area contributed by atoms with Crippen molar-refractivity contribution in [1.82, 2.24) is 5.32 Å². The van der Waals surface area contributed by atoms with Crippen LogP contribution < -0.4 is 10.2 Å². The van der Waals surface area contributed by atoms with Crippen LogP contribution >= 0.6 is 0 Å². The van der Waals surface area contributed by atoms with Crippen molar-refractivity contribution in [2.24, 2.45) is 0 Å². The number of hydrogen-bond donors (Lipinski definition) is 1.